The third-order valence-corrected chi connectivity index (χ3v) is 7.92. The molecule has 11 heteroatoms. The number of nitrogens with one attached hydrogen (secondary N) is 2. The maximum Gasteiger partial charge on any atom is 0.338 e. The van der Waals surface area contributed by atoms with Gasteiger partial charge >= 0.3 is 12.0 Å². The summed E-state index contributed by atoms with van der Waals surface area (Å²) in [5.74, 6) is -1.18. The molecule has 0 fully saturated rings. The van der Waals surface area contributed by atoms with E-state index in [2.05, 4.69) is 5.32 Å². The van der Waals surface area contributed by atoms with E-state index in [1.807, 2.05) is 11.6 Å². The molecule has 3 aromatic carbocycles. The number of rotatable bonds is 8. The van der Waals surface area contributed by atoms with Gasteiger partial charge in [-0.3, -0.25) is 0 Å². The number of hydrogen-bond donors (Lipinski definition) is 2. The van der Waals surface area contributed by atoms with Crippen LogP contribution in [0, 0.1) is 13.8 Å². The van der Waals surface area contributed by atoms with Crippen molar-refractivity contribution in [2.24, 2.45) is 0 Å². The van der Waals surface area contributed by atoms with E-state index in [4.69, 9.17) is 4.74 Å². The summed E-state index contributed by atoms with van der Waals surface area (Å²) in [6, 6.07) is 16.9. The van der Waals surface area contributed by atoms with E-state index in [-0.39, 0.29) is 33.4 Å². The molecule has 9 nitrogen and oxygen atoms in total. The number of amides is 2. The predicted octanol–water partition coefficient (Wildman–Crippen LogP) is 3.44. The van der Waals surface area contributed by atoms with Crippen LogP contribution < -0.4 is 10.0 Å². The first-order valence-corrected chi connectivity index (χ1v) is 13.6. The van der Waals surface area contributed by atoms with Crippen LogP contribution in [0.1, 0.15) is 21.5 Å². The fraction of sp³-hybridized carbons (Fsp3) is 0.167. The number of hydrogen-bond acceptors (Lipinski definition) is 7. The fourth-order valence-electron chi connectivity index (χ4n) is 2.97. The Hall–Kier alpha value is -3.70. The molecule has 0 bridgehead atoms. The van der Waals surface area contributed by atoms with E-state index in [0.29, 0.717) is 0 Å². The maximum atomic E-state index is 12.4. The molecule has 35 heavy (non-hydrogen) atoms. The highest BCUT2D eigenvalue weighted by Crippen LogP contribution is 2.15. The molecule has 0 unspecified atom stereocenters. The number of sulfone groups is 1. The van der Waals surface area contributed by atoms with Crippen molar-refractivity contribution < 1.29 is 31.2 Å². The molecular weight excluding hydrogens is 492 g/mol. The fourth-order valence-corrected chi connectivity index (χ4v) is 4.97. The van der Waals surface area contributed by atoms with E-state index >= 15 is 0 Å². The van der Waals surface area contributed by atoms with Gasteiger partial charge in [0.2, 0.25) is 0 Å². The van der Waals surface area contributed by atoms with Crippen molar-refractivity contribution in [1.29, 1.82) is 0 Å². The average Bonchev–Trinajstić information content (AvgIpc) is 2.79. The van der Waals surface area contributed by atoms with Crippen LogP contribution in [0.15, 0.2) is 82.6 Å². The maximum absolute atomic E-state index is 12.4. The van der Waals surface area contributed by atoms with Gasteiger partial charge in [-0.1, -0.05) is 41.5 Å². The molecule has 0 radical (unpaired) electrons. The highest BCUT2D eigenvalue weighted by atomic mass is 32.2. The van der Waals surface area contributed by atoms with Gasteiger partial charge in [-0.25, -0.2) is 31.1 Å². The molecule has 2 N–H and O–H groups in total. The monoisotopic (exact) mass is 516 g/mol. The van der Waals surface area contributed by atoms with E-state index in [0.717, 1.165) is 11.1 Å². The largest absolute Gasteiger partial charge is 0.461 e. The average molecular weight is 517 g/mol. The van der Waals surface area contributed by atoms with Gasteiger partial charge in [0, 0.05) is 5.69 Å². The summed E-state index contributed by atoms with van der Waals surface area (Å²) in [6.45, 7) is 3.28. The smallest absolute Gasteiger partial charge is 0.338 e. The van der Waals surface area contributed by atoms with Crippen LogP contribution in [0.5, 0.6) is 0 Å². The highest BCUT2D eigenvalue weighted by molar-refractivity contribution is 7.91. The van der Waals surface area contributed by atoms with Gasteiger partial charge in [0.05, 0.1) is 21.1 Å². The van der Waals surface area contributed by atoms with Gasteiger partial charge in [0.1, 0.15) is 6.61 Å². The van der Waals surface area contributed by atoms with Crippen molar-refractivity contribution in [1.82, 2.24) is 4.72 Å². The summed E-state index contributed by atoms with van der Waals surface area (Å²) >= 11 is 0. The van der Waals surface area contributed by atoms with Crippen molar-refractivity contribution >= 4 is 37.5 Å². The number of urea groups is 1. The minimum absolute atomic E-state index is 0.0527. The molecule has 0 spiro atoms. The van der Waals surface area contributed by atoms with E-state index in [1.54, 1.807) is 31.2 Å². The summed E-state index contributed by atoms with van der Waals surface area (Å²) in [7, 11) is -7.71. The number of aryl methyl sites for hydroxylation is 2. The van der Waals surface area contributed by atoms with Gasteiger partial charge in [-0.05, 0) is 56.3 Å². The lowest BCUT2D eigenvalue weighted by Crippen LogP contribution is -2.34. The second kappa shape index (κ2) is 10.7. The van der Waals surface area contributed by atoms with E-state index in [1.165, 1.54) is 48.5 Å². The number of carbonyl (C=O) groups excluding carboxylic acids is 2. The second-order valence-corrected chi connectivity index (χ2v) is 11.5. The Morgan fingerprint density at radius 2 is 1.37 bits per heavy atom. The molecule has 0 heterocycles. The van der Waals surface area contributed by atoms with Gasteiger partial charge in [-0.15, -0.1) is 0 Å². The zero-order chi connectivity index (χ0) is 25.6. The Labute approximate surface area is 204 Å². The Balaban J connectivity index is 1.58. The van der Waals surface area contributed by atoms with Crippen LogP contribution in [0.3, 0.4) is 0 Å². The third kappa shape index (κ3) is 7.14. The SMILES string of the molecule is Cc1ccc(S(=O)(=O)CCOC(=O)c2cccc(NC(=O)NS(=O)(=O)c3ccc(C)cc3)c2)cc1. The number of benzene rings is 3. The van der Waals surface area contributed by atoms with Crippen LogP contribution >= 0.6 is 0 Å². The van der Waals surface area contributed by atoms with E-state index in [9.17, 15) is 26.4 Å². The molecule has 2 amide bonds. The lowest BCUT2D eigenvalue weighted by Gasteiger charge is -2.10. The van der Waals surface area contributed by atoms with Gasteiger partial charge in [0.25, 0.3) is 10.0 Å². The van der Waals surface area contributed by atoms with Gasteiger partial charge in [0.15, 0.2) is 9.84 Å². The molecule has 184 valence electrons. The minimum Gasteiger partial charge on any atom is -0.461 e. The lowest BCUT2D eigenvalue weighted by atomic mass is 10.2. The minimum atomic E-state index is -4.08. The van der Waals surface area contributed by atoms with Crippen molar-refractivity contribution in [2.75, 3.05) is 17.7 Å². The first-order valence-electron chi connectivity index (χ1n) is 10.4. The summed E-state index contributed by atoms with van der Waals surface area (Å²) in [6.07, 6.45) is 0. The quantitative estimate of drug-likeness (QED) is 0.438. The molecule has 0 aromatic heterocycles. The highest BCUT2D eigenvalue weighted by Gasteiger charge is 2.19. The van der Waals surface area contributed by atoms with Crippen LogP contribution in [0.25, 0.3) is 0 Å². The zero-order valence-corrected chi connectivity index (χ0v) is 20.6. The van der Waals surface area contributed by atoms with Crippen molar-refractivity contribution in [3.05, 3.63) is 89.5 Å². The number of esters is 1. The Bertz CT molecular complexity index is 1430. The molecular formula is C24H24N2O7S2. The van der Waals surface area contributed by atoms with Gasteiger partial charge in [-0.2, -0.15) is 0 Å². The number of carbonyl (C=O) groups is 2. The van der Waals surface area contributed by atoms with Crippen LogP contribution in [0.4, 0.5) is 10.5 Å². The first kappa shape index (κ1) is 25.9. The second-order valence-electron chi connectivity index (χ2n) is 7.72. The number of ether oxygens (including phenoxy) is 1. The van der Waals surface area contributed by atoms with Crippen molar-refractivity contribution in [2.45, 2.75) is 23.6 Å². The van der Waals surface area contributed by atoms with Crippen LogP contribution in [-0.2, 0) is 24.6 Å². The summed E-state index contributed by atoms with van der Waals surface area (Å²) < 4.78 is 56.4. The topological polar surface area (TPSA) is 136 Å². The molecule has 3 rings (SSSR count). The first-order chi connectivity index (χ1) is 16.5. The lowest BCUT2D eigenvalue weighted by molar-refractivity contribution is 0.0529. The molecule has 3 aromatic rings. The summed E-state index contributed by atoms with van der Waals surface area (Å²) in [5, 5.41) is 2.35. The molecule has 0 saturated heterocycles. The summed E-state index contributed by atoms with van der Waals surface area (Å²) in [5.41, 5.74) is 1.98. The van der Waals surface area contributed by atoms with Crippen LogP contribution in [0.2, 0.25) is 0 Å². The van der Waals surface area contributed by atoms with Crippen molar-refractivity contribution in [3.8, 4) is 0 Å². The van der Waals surface area contributed by atoms with Gasteiger partial charge < -0.3 is 10.1 Å². The molecule has 0 atom stereocenters. The van der Waals surface area contributed by atoms with Crippen LogP contribution in [-0.4, -0.2) is 41.2 Å². The predicted molar refractivity (Wildman–Crippen MR) is 130 cm³/mol. The molecule has 0 saturated carbocycles. The third-order valence-electron chi connectivity index (χ3n) is 4.88. The zero-order valence-electron chi connectivity index (χ0n) is 19.0. The van der Waals surface area contributed by atoms with E-state index < -0.39 is 31.9 Å². The molecule has 0 aliphatic carbocycles. The molecule has 0 aliphatic heterocycles. The molecule has 0 aliphatic rings. The number of sulfonamides is 1. The Kier molecular flexibility index (Phi) is 7.92. The summed E-state index contributed by atoms with van der Waals surface area (Å²) in [4.78, 5) is 24.6. The van der Waals surface area contributed by atoms with Crippen molar-refractivity contribution in [3.63, 3.8) is 0 Å². The number of anilines is 1. The standard InChI is InChI=1S/C24H24N2O7S2/c1-17-6-10-21(11-7-17)34(29,30)15-14-33-23(27)19-4-3-5-20(16-19)25-24(28)26-35(31,32)22-12-8-18(2)9-13-22/h3-13,16H,14-15H2,1-2H3,(H2,25,26,28). The Morgan fingerprint density at radius 3 is 1.97 bits per heavy atom. The normalized spacial score (nSPS) is 11.5. The Morgan fingerprint density at radius 1 is 0.800 bits per heavy atom.